The number of hydrogen-bond acceptors (Lipinski definition) is 3. The Balaban J connectivity index is 2.15. The molecule has 2 rings (SSSR count). The van der Waals surface area contributed by atoms with Crippen LogP contribution >= 0.6 is 11.3 Å². The molecule has 1 heterocycles. The third-order valence-electron chi connectivity index (χ3n) is 1.47. The van der Waals surface area contributed by atoms with Crippen LogP contribution in [0.2, 0.25) is 0 Å². The van der Waals surface area contributed by atoms with Gasteiger partial charge >= 0.3 is 0 Å². The summed E-state index contributed by atoms with van der Waals surface area (Å²) < 4.78 is 0. The van der Waals surface area contributed by atoms with Crippen LogP contribution in [0.5, 0.6) is 0 Å². The molecule has 0 bridgehead atoms. The van der Waals surface area contributed by atoms with E-state index in [1.54, 1.807) is 11.3 Å². The van der Waals surface area contributed by atoms with Gasteiger partial charge in [-0.3, -0.25) is 4.98 Å². The standard InChI is InChI=1S/C9H8N2S/c1-2-4-8(5-3-1)11-9-6-10-7-12-9/h1-7,11H. The molecule has 0 spiro atoms. The summed E-state index contributed by atoms with van der Waals surface area (Å²) in [5.74, 6) is 0. The summed E-state index contributed by atoms with van der Waals surface area (Å²) in [6.07, 6.45) is 1.82. The van der Waals surface area contributed by atoms with Gasteiger partial charge in [-0.1, -0.05) is 18.2 Å². The maximum atomic E-state index is 3.97. The lowest BCUT2D eigenvalue weighted by molar-refractivity contribution is 1.42. The molecule has 60 valence electrons. The first-order valence-corrected chi connectivity index (χ1v) is 4.54. The topological polar surface area (TPSA) is 24.9 Å². The Hall–Kier alpha value is -1.35. The molecular formula is C9H8N2S. The van der Waals surface area contributed by atoms with E-state index in [0.29, 0.717) is 0 Å². The van der Waals surface area contributed by atoms with Gasteiger partial charge in [-0.05, 0) is 12.1 Å². The van der Waals surface area contributed by atoms with Gasteiger partial charge < -0.3 is 5.32 Å². The molecular weight excluding hydrogens is 168 g/mol. The van der Waals surface area contributed by atoms with Crippen molar-refractivity contribution >= 4 is 22.0 Å². The van der Waals surface area contributed by atoms with Gasteiger partial charge in [0.2, 0.25) is 0 Å². The number of nitrogens with zero attached hydrogens (tertiary/aromatic N) is 1. The predicted octanol–water partition coefficient (Wildman–Crippen LogP) is 2.89. The molecule has 0 aliphatic carbocycles. The lowest BCUT2D eigenvalue weighted by Crippen LogP contribution is -1.84. The predicted molar refractivity (Wildman–Crippen MR) is 51.8 cm³/mol. The van der Waals surface area contributed by atoms with Crippen molar-refractivity contribution in [2.24, 2.45) is 0 Å². The number of para-hydroxylation sites is 1. The first-order chi connectivity index (χ1) is 5.95. The van der Waals surface area contributed by atoms with Crippen LogP contribution < -0.4 is 5.32 Å². The van der Waals surface area contributed by atoms with Gasteiger partial charge in [-0.2, -0.15) is 0 Å². The van der Waals surface area contributed by atoms with Gasteiger partial charge in [0.1, 0.15) is 5.00 Å². The van der Waals surface area contributed by atoms with Crippen molar-refractivity contribution in [1.82, 2.24) is 4.98 Å². The summed E-state index contributed by atoms with van der Waals surface area (Å²) in [5, 5.41) is 4.31. The van der Waals surface area contributed by atoms with E-state index in [1.807, 2.05) is 42.0 Å². The largest absolute Gasteiger partial charge is 0.346 e. The van der Waals surface area contributed by atoms with Gasteiger partial charge in [-0.15, -0.1) is 11.3 Å². The van der Waals surface area contributed by atoms with Crippen molar-refractivity contribution in [1.29, 1.82) is 0 Å². The molecule has 0 atom stereocenters. The molecule has 2 nitrogen and oxygen atoms in total. The number of hydrogen-bond donors (Lipinski definition) is 1. The molecule has 0 fully saturated rings. The molecule has 1 aromatic heterocycles. The molecule has 0 saturated carbocycles. The second-order valence-electron chi connectivity index (χ2n) is 2.36. The normalized spacial score (nSPS) is 9.67. The zero-order valence-corrected chi connectivity index (χ0v) is 7.21. The fraction of sp³-hybridized carbons (Fsp3) is 0. The van der Waals surface area contributed by atoms with E-state index in [-0.39, 0.29) is 0 Å². The minimum Gasteiger partial charge on any atom is -0.346 e. The molecule has 1 N–H and O–H groups in total. The summed E-state index contributed by atoms with van der Waals surface area (Å²) in [5.41, 5.74) is 2.91. The number of nitrogens with one attached hydrogen (secondary N) is 1. The highest BCUT2D eigenvalue weighted by Gasteiger charge is 1.92. The van der Waals surface area contributed by atoms with Crippen LogP contribution in [-0.2, 0) is 0 Å². The third kappa shape index (κ3) is 1.62. The van der Waals surface area contributed by atoms with E-state index >= 15 is 0 Å². The maximum Gasteiger partial charge on any atom is 0.113 e. The SMILES string of the molecule is c1ccc(Nc2cncs2)cc1. The van der Waals surface area contributed by atoms with Crippen LogP contribution in [0.25, 0.3) is 0 Å². The summed E-state index contributed by atoms with van der Waals surface area (Å²) in [4.78, 5) is 3.97. The third-order valence-corrected chi connectivity index (χ3v) is 2.16. The Bertz CT molecular complexity index is 329. The van der Waals surface area contributed by atoms with Crippen LogP contribution in [0.15, 0.2) is 42.0 Å². The highest BCUT2D eigenvalue weighted by atomic mass is 32.1. The number of aromatic nitrogens is 1. The minimum absolute atomic E-state index is 1.07. The van der Waals surface area contributed by atoms with Crippen LogP contribution in [0, 0.1) is 0 Å². The summed E-state index contributed by atoms with van der Waals surface area (Å²) in [7, 11) is 0. The zero-order chi connectivity index (χ0) is 8.23. The first-order valence-electron chi connectivity index (χ1n) is 3.66. The number of anilines is 2. The summed E-state index contributed by atoms with van der Waals surface area (Å²) >= 11 is 1.60. The molecule has 0 unspecified atom stereocenters. The molecule has 0 radical (unpaired) electrons. The Morgan fingerprint density at radius 2 is 2.00 bits per heavy atom. The highest BCUT2D eigenvalue weighted by Crippen LogP contribution is 2.18. The minimum atomic E-state index is 1.07. The monoisotopic (exact) mass is 176 g/mol. The highest BCUT2D eigenvalue weighted by molar-refractivity contribution is 7.13. The molecule has 0 saturated heterocycles. The number of thiazole rings is 1. The van der Waals surface area contributed by atoms with Crippen molar-refractivity contribution in [2.75, 3.05) is 5.32 Å². The summed E-state index contributed by atoms with van der Waals surface area (Å²) in [6.45, 7) is 0. The number of benzene rings is 1. The van der Waals surface area contributed by atoms with E-state index in [2.05, 4.69) is 10.3 Å². The average Bonchev–Trinajstić information content (AvgIpc) is 2.59. The van der Waals surface area contributed by atoms with E-state index in [9.17, 15) is 0 Å². The first kappa shape index (κ1) is 7.31. The Morgan fingerprint density at radius 1 is 1.17 bits per heavy atom. The fourth-order valence-electron chi connectivity index (χ4n) is 0.941. The van der Waals surface area contributed by atoms with E-state index in [4.69, 9.17) is 0 Å². The van der Waals surface area contributed by atoms with Gasteiger partial charge in [-0.25, -0.2) is 0 Å². The molecule has 12 heavy (non-hydrogen) atoms. The maximum absolute atomic E-state index is 3.97. The lowest BCUT2D eigenvalue weighted by atomic mass is 10.3. The van der Waals surface area contributed by atoms with Crippen LogP contribution in [-0.4, -0.2) is 4.98 Å². The molecule has 0 aliphatic heterocycles. The van der Waals surface area contributed by atoms with Gasteiger partial charge in [0.15, 0.2) is 0 Å². The molecule has 0 aliphatic rings. The Kier molecular flexibility index (Phi) is 2.05. The second-order valence-corrected chi connectivity index (χ2v) is 3.24. The van der Waals surface area contributed by atoms with Crippen molar-refractivity contribution in [2.45, 2.75) is 0 Å². The lowest BCUT2D eigenvalue weighted by Gasteiger charge is -2.00. The van der Waals surface area contributed by atoms with Crippen LogP contribution in [0.3, 0.4) is 0 Å². The smallest absolute Gasteiger partial charge is 0.113 e. The quantitative estimate of drug-likeness (QED) is 0.761. The van der Waals surface area contributed by atoms with E-state index < -0.39 is 0 Å². The van der Waals surface area contributed by atoms with Crippen molar-refractivity contribution < 1.29 is 0 Å². The summed E-state index contributed by atoms with van der Waals surface area (Å²) in [6, 6.07) is 10.1. The zero-order valence-electron chi connectivity index (χ0n) is 6.40. The van der Waals surface area contributed by atoms with Crippen molar-refractivity contribution in [3.05, 3.63) is 42.0 Å². The fourth-order valence-corrected chi connectivity index (χ4v) is 1.48. The molecule has 2 aromatic rings. The van der Waals surface area contributed by atoms with Gasteiger partial charge in [0.05, 0.1) is 11.7 Å². The van der Waals surface area contributed by atoms with Gasteiger partial charge in [0, 0.05) is 5.69 Å². The average molecular weight is 176 g/mol. The van der Waals surface area contributed by atoms with Crippen LogP contribution in [0.1, 0.15) is 0 Å². The molecule has 1 aromatic carbocycles. The van der Waals surface area contributed by atoms with Crippen LogP contribution in [0.4, 0.5) is 10.7 Å². The van der Waals surface area contributed by atoms with Gasteiger partial charge in [0.25, 0.3) is 0 Å². The van der Waals surface area contributed by atoms with Crippen molar-refractivity contribution in [3.63, 3.8) is 0 Å². The molecule has 0 amide bonds. The second kappa shape index (κ2) is 3.36. The Labute approximate surface area is 74.9 Å². The van der Waals surface area contributed by atoms with E-state index in [0.717, 1.165) is 10.7 Å². The molecule has 3 heteroatoms. The Morgan fingerprint density at radius 3 is 2.67 bits per heavy atom. The number of rotatable bonds is 2. The van der Waals surface area contributed by atoms with E-state index in [1.165, 1.54) is 0 Å². The van der Waals surface area contributed by atoms with Crippen molar-refractivity contribution in [3.8, 4) is 0 Å².